The van der Waals surface area contributed by atoms with Crippen LogP contribution in [0.15, 0.2) is 0 Å². The van der Waals surface area contributed by atoms with Gasteiger partial charge in [0.15, 0.2) is 0 Å². The Morgan fingerprint density at radius 2 is 2.31 bits per heavy atom. The first kappa shape index (κ1) is 13.1. The molecule has 0 radical (unpaired) electrons. The topological polar surface area (TPSA) is 41.1 Å². The maximum atomic E-state index is 11.2. The number of carbonyl (C=O) groups is 1. The predicted octanol–water partition coefficient (Wildman–Crippen LogP) is 1.29. The third kappa shape index (κ3) is 4.67. The number of nitrogens with one attached hydrogen (secondary N) is 2. The van der Waals surface area contributed by atoms with Crippen LogP contribution in [0.5, 0.6) is 0 Å². The molecule has 2 N–H and O–H groups in total. The molecular weight excluding hydrogens is 200 g/mol. The lowest BCUT2D eigenvalue weighted by molar-refractivity contribution is -0.120. The SMILES string of the molecule is C#CCNC(=O)CCNC1CCC(CC)C1. The zero-order chi connectivity index (χ0) is 11.8. The van der Waals surface area contributed by atoms with Gasteiger partial charge in [-0.2, -0.15) is 0 Å². The second kappa shape index (κ2) is 7.29. The average molecular weight is 222 g/mol. The molecule has 1 aliphatic carbocycles. The van der Waals surface area contributed by atoms with Crippen LogP contribution in [0.3, 0.4) is 0 Å². The summed E-state index contributed by atoms with van der Waals surface area (Å²) in [6.45, 7) is 3.35. The van der Waals surface area contributed by atoms with E-state index in [1.165, 1.54) is 25.7 Å². The van der Waals surface area contributed by atoms with E-state index < -0.39 is 0 Å². The Morgan fingerprint density at radius 3 is 2.94 bits per heavy atom. The first-order valence-electron chi connectivity index (χ1n) is 6.19. The van der Waals surface area contributed by atoms with Crippen molar-refractivity contribution in [2.45, 2.75) is 45.1 Å². The van der Waals surface area contributed by atoms with Crippen molar-refractivity contribution in [1.82, 2.24) is 10.6 Å². The van der Waals surface area contributed by atoms with E-state index in [-0.39, 0.29) is 5.91 Å². The van der Waals surface area contributed by atoms with Crippen molar-refractivity contribution < 1.29 is 4.79 Å². The standard InChI is InChI=1S/C13H22N2O/c1-3-8-15-13(16)7-9-14-12-6-5-11(4-2)10-12/h1,11-12,14H,4-10H2,2H3,(H,15,16). The maximum absolute atomic E-state index is 11.2. The second-order valence-electron chi connectivity index (χ2n) is 4.47. The number of rotatable bonds is 6. The number of amides is 1. The zero-order valence-corrected chi connectivity index (χ0v) is 10.1. The number of hydrogen-bond donors (Lipinski definition) is 2. The molecule has 1 saturated carbocycles. The van der Waals surface area contributed by atoms with Crippen molar-refractivity contribution in [1.29, 1.82) is 0 Å². The average Bonchev–Trinajstić information content (AvgIpc) is 2.74. The van der Waals surface area contributed by atoms with Crippen LogP contribution >= 0.6 is 0 Å². The van der Waals surface area contributed by atoms with E-state index in [1.54, 1.807) is 0 Å². The van der Waals surface area contributed by atoms with Gasteiger partial charge in [-0.25, -0.2) is 0 Å². The van der Waals surface area contributed by atoms with Crippen LogP contribution in [-0.4, -0.2) is 25.0 Å². The van der Waals surface area contributed by atoms with Crippen LogP contribution in [0.2, 0.25) is 0 Å². The first-order valence-corrected chi connectivity index (χ1v) is 6.19. The van der Waals surface area contributed by atoms with Gasteiger partial charge in [0.05, 0.1) is 6.54 Å². The molecule has 16 heavy (non-hydrogen) atoms. The molecule has 0 aromatic carbocycles. The minimum atomic E-state index is 0.0375. The predicted molar refractivity (Wildman–Crippen MR) is 65.9 cm³/mol. The Hall–Kier alpha value is -1.01. The van der Waals surface area contributed by atoms with Crippen LogP contribution in [-0.2, 0) is 4.79 Å². The molecule has 0 aromatic rings. The fraction of sp³-hybridized carbons (Fsp3) is 0.769. The second-order valence-corrected chi connectivity index (χ2v) is 4.47. The molecular formula is C13H22N2O. The van der Waals surface area contributed by atoms with E-state index in [2.05, 4.69) is 23.5 Å². The van der Waals surface area contributed by atoms with Crippen molar-refractivity contribution in [3.63, 3.8) is 0 Å². The molecule has 3 heteroatoms. The normalized spacial score (nSPS) is 24.0. The van der Waals surface area contributed by atoms with Gasteiger partial charge in [0.2, 0.25) is 5.91 Å². The van der Waals surface area contributed by atoms with E-state index in [1.807, 2.05) is 0 Å². The lowest BCUT2D eigenvalue weighted by atomic mass is 10.1. The molecule has 1 rings (SSSR count). The minimum Gasteiger partial charge on any atom is -0.345 e. The summed E-state index contributed by atoms with van der Waals surface area (Å²) in [5, 5.41) is 6.10. The van der Waals surface area contributed by atoms with Gasteiger partial charge in [-0.05, 0) is 25.2 Å². The lowest BCUT2D eigenvalue weighted by Crippen LogP contribution is -2.32. The van der Waals surface area contributed by atoms with Gasteiger partial charge in [-0.1, -0.05) is 19.3 Å². The molecule has 0 bridgehead atoms. The van der Waals surface area contributed by atoms with Gasteiger partial charge in [0, 0.05) is 19.0 Å². The Kier molecular flexibility index (Phi) is 5.95. The molecule has 0 aromatic heterocycles. The summed E-state index contributed by atoms with van der Waals surface area (Å²) in [4.78, 5) is 11.2. The highest BCUT2D eigenvalue weighted by molar-refractivity contribution is 5.76. The fourth-order valence-corrected chi connectivity index (χ4v) is 2.26. The van der Waals surface area contributed by atoms with Crippen LogP contribution in [0.25, 0.3) is 0 Å². The van der Waals surface area contributed by atoms with Gasteiger partial charge in [0.1, 0.15) is 0 Å². The minimum absolute atomic E-state index is 0.0375. The molecule has 1 fully saturated rings. The highest BCUT2D eigenvalue weighted by atomic mass is 16.1. The quantitative estimate of drug-likeness (QED) is 0.665. The van der Waals surface area contributed by atoms with Crippen LogP contribution in [0.4, 0.5) is 0 Å². The lowest BCUT2D eigenvalue weighted by Gasteiger charge is -2.12. The summed E-state index contributed by atoms with van der Waals surface area (Å²) < 4.78 is 0. The van der Waals surface area contributed by atoms with Crippen molar-refractivity contribution in [3.05, 3.63) is 0 Å². The van der Waals surface area contributed by atoms with E-state index in [0.29, 0.717) is 19.0 Å². The van der Waals surface area contributed by atoms with Gasteiger partial charge >= 0.3 is 0 Å². The summed E-state index contributed by atoms with van der Waals surface area (Å²) in [5.74, 6) is 3.31. The molecule has 0 heterocycles. The molecule has 2 unspecified atom stereocenters. The Labute approximate surface area is 98.4 Å². The number of carbonyl (C=O) groups excluding carboxylic acids is 1. The summed E-state index contributed by atoms with van der Waals surface area (Å²) in [5.41, 5.74) is 0. The van der Waals surface area contributed by atoms with Crippen molar-refractivity contribution in [3.8, 4) is 12.3 Å². The molecule has 90 valence electrons. The van der Waals surface area contributed by atoms with Crippen molar-refractivity contribution in [2.24, 2.45) is 5.92 Å². The van der Waals surface area contributed by atoms with Gasteiger partial charge in [-0.15, -0.1) is 6.42 Å². The van der Waals surface area contributed by atoms with Gasteiger partial charge in [-0.3, -0.25) is 4.79 Å². The van der Waals surface area contributed by atoms with E-state index in [0.717, 1.165) is 12.5 Å². The molecule has 1 aliphatic rings. The molecule has 0 spiro atoms. The Morgan fingerprint density at radius 1 is 1.50 bits per heavy atom. The fourth-order valence-electron chi connectivity index (χ4n) is 2.26. The number of terminal acetylenes is 1. The largest absolute Gasteiger partial charge is 0.345 e. The van der Waals surface area contributed by atoms with Crippen molar-refractivity contribution in [2.75, 3.05) is 13.1 Å². The Balaban J connectivity index is 2.03. The monoisotopic (exact) mass is 222 g/mol. The van der Waals surface area contributed by atoms with E-state index >= 15 is 0 Å². The summed E-state index contributed by atoms with van der Waals surface area (Å²) >= 11 is 0. The summed E-state index contributed by atoms with van der Waals surface area (Å²) in [6, 6.07) is 0.616. The molecule has 1 amide bonds. The third-order valence-corrected chi connectivity index (χ3v) is 3.29. The van der Waals surface area contributed by atoms with Crippen molar-refractivity contribution >= 4 is 5.91 Å². The first-order chi connectivity index (χ1) is 7.76. The van der Waals surface area contributed by atoms with E-state index in [9.17, 15) is 4.79 Å². The van der Waals surface area contributed by atoms with Crippen LogP contribution in [0, 0.1) is 18.3 Å². The van der Waals surface area contributed by atoms with Crippen LogP contribution < -0.4 is 10.6 Å². The smallest absolute Gasteiger partial charge is 0.222 e. The molecule has 0 aliphatic heterocycles. The maximum Gasteiger partial charge on any atom is 0.222 e. The van der Waals surface area contributed by atoms with Crippen LogP contribution in [0.1, 0.15) is 39.0 Å². The highest BCUT2D eigenvalue weighted by Crippen LogP contribution is 2.27. The Bertz CT molecular complexity index is 257. The summed E-state index contributed by atoms with van der Waals surface area (Å²) in [6.07, 6.45) is 10.7. The molecule has 0 saturated heterocycles. The number of hydrogen-bond acceptors (Lipinski definition) is 2. The van der Waals surface area contributed by atoms with Gasteiger partial charge in [0.25, 0.3) is 0 Å². The van der Waals surface area contributed by atoms with Gasteiger partial charge < -0.3 is 10.6 Å². The molecule has 2 atom stereocenters. The molecule has 3 nitrogen and oxygen atoms in total. The highest BCUT2D eigenvalue weighted by Gasteiger charge is 2.22. The third-order valence-electron chi connectivity index (χ3n) is 3.29. The zero-order valence-electron chi connectivity index (χ0n) is 10.1. The van der Waals surface area contributed by atoms with E-state index in [4.69, 9.17) is 6.42 Å². The summed E-state index contributed by atoms with van der Waals surface area (Å²) in [7, 11) is 0.